The second-order valence-electron chi connectivity index (χ2n) is 8.15. The maximum Gasteiger partial charge on any atom is 0.156 e. The molecule has 1 N–H and O–H groups in total. The Labute approximate surface area is 149 Å². The fourth-order valence-corrected chi connectivity index (χ4v) is 6.44. The molecule has 4 aliphatic carbocycles. The lowest BCUT2D eigenvalue weighted by Crippen LogP contribution is -2.50. The molecule has 3 heteroatoms. The Kier molecular flexibility index (Phi) is 4.04. The Hall–Kier alpha value is -0.860. The van der Waals surface area contributed by atoms with Crippen LogP contribution in [0.2, 0.25) is 0 Å². The largest absolute Gasteiger partial charge is 0.388 e. The van der Waals surface area contributed by atoms with Crippen molar-refractivity contribution >= 4 is 17.4 Å². The van der Waals surface area contributed by atoms with Gasteiger partial charge in [0.05, 0.1) is 11.5 Å². The van der Waals surface area contributed by atoms with Crippen LogP contribution < -0.4 is 0 Å². The minimum Gasteiger partial charge on any atom is -0.388 e. The summed E-state index contributed by atoms with van der Waals surface area (Å²) in [5.74, 6) is 1.63. The van der Waals surface area contributed by atoms with E-state index < -0.39 is 5.60 Å². The molecule has 130 valence electrons. The number of aliphatic hydroxyl groups is 1. The number of fused-ring (bicyclic) bond motifs is 4. The zero-order valence-corrected chi connectivity index (χ0v) is 15.2. The Morgan fingerprint density at radius 2 is 2.12 bits per heavy atom. The first-order valence-corrected chi connectivity index (χ1v) is 10.0. The molecule has 0 amide bonds. The first-order chi connectivity index (χ1) is 11.5. The molecule has 1 saturated carbocycles. The minimum atomic E-state index is -0.763. The molecule has 0 aliphatic heterocycles. The first-order valence-electron chi connectivity index (χ1n) is 9.49. The second kappa shape index (κ2) is 5.85. The normalized spacial score (nSPS) is 41.0. The summed E-state index contributed by atoms with van der Waals surface area (Å²) in [4.78, 5) is 11.8. The summed E-state index contributed by atoms with van der Waals surface area (Å²) in [6, 6.07) is 0. The van der Waals surface area contributed by atoms with Crippen molar-refractivity contribution in [1.29, 1.82) is 0 Å². The van der Waals surface area contributed by atoms with Crippen LogP contribution in [0.25, 0.3) is 0 Å². The van der Waals surface area contributed by atoms with E-state index in [9.17, 15) is 9.90 Å². The van der Waals surface area contributed by atoms with Crippen LogP contribution >= 0.6 is 11.6 Å². The van der Waals surface area contributed by atoms with Crippen molar-refractivity contribution in [3.05, 3.63) is 34.9 Å². The zero-order chi connectivity index (χ0) is 16.9. The number of ketones is 1. The molecule has 0 aromatic heterocycles. The Balaban J connectivity index is 1.82. The van der Waals surface area contributed by atoms with Gasteiger partial charge in [0.2, 0.25) is 0 Å². The maximum absolute atomic E-state index is 11.8. The van der Waals surface area contributed by atoms with Crippen LogP contribution in [-0.4, -0.2) is 22.4 Å². The van der Waals surface area contributed by atoms with Gasteiger partial charge in [0.25, 0.3) is 0 Å². The van der Waals surface area contributed by atoms with Crippen molar-refractivity contribution in [2.75, 3.05) is 5.88 Å². The highest BCUT2D eigenvalue weighted by Crippen LogP contribution is 2.63. The number of hydrogen-bond acceptors (Lipinski definition) is 2. The molecule has 0 heterocycles. The maximum atomic E-state index is 11.8. The molecular formula is C21H27ClO2. The molecule has 0 aromatic carbocycles. The molecule has 2 nitrogen and oxygen atoms in total. The third-order valence-corrected chi connectivity index (χ3v) is 7.59. The highest BCUT2D eigenvalue weighted by atomic mass is 35.5. The zero-order valence-electron chi connectivity index (χ0n) is 14.5. The molecule has 1 fully saturated rings. The van der Waals surface area contributed by atoms with Crippen molar-refractivity contribution in [1.82, 2.24) is 0 Å². The van der Waals surface area contributed by atoms with Crippen molar-refractivity contribution in [3.63, 3.8) is 0 Å². The summed E-state index contributed by atoms with van der Waals surface area (Å²) in [5.41, 5.74) is 3.23. The third-order valence-electron chi connectivity index (χ3n) is 7.14. The average molecular weight is 347 g/mol. The summed E-state index contributed by atoms with van der Waals surface area (Å²) in [7, 11) is 0. The Bertz CT molecular complexity index is 659. The molecule has 0 aromatic rings. The van der Waals surface area contributed by atoms with Gasteiger partial charge in [-0.15, -0.1) is 11.6 Å². The molecule has 4 atom stereocenters. The SMILES string of the molecule is CCC[C@]12C=CC3=C4CCC(=O)C=C4CC[C@H]3[C@@H]1CC[C@@]2(O)CCl. The standard InChI is InChI=1S/C21H27ClO2/c1-2-9-20-10-7-17-16-6-4-15(23)12-14(16)3-5-18(17)19(20)8-11-21(20,24)13-22/h7,10,12,18-19,24H,2-6,8-9,11,13H2,1H3/t18-,19+,20+,21-/m1/s1. The molecule has 0 spiro atoms. The summed E-state index contributed by atoms with van der Waals surface area (Å²) in [5, 5.41) is 11.3. The number of halogens is 1. The van der Waals surface area contributed by atoms with Crippen LogP contribution in [0.4, 0.5) is 0 Å². The van der Waals surface area contributed by atoms with Crippen LogP contribution in [0.5, 0.6) is 0 Å². The second-order valence-corrected chi connectivity index (χ2v) is 8.42. The van der Waals surface area contributed by atoms with Crippen LogP contribution in [-0.2, 0) is 4.79 Å². The van der Waals surface area contributed by atoms with Gasteiger partial charge in [0.15, 0.2) is 5.78 Å². The van der Waals surface area contributed by atoms with Gasteiger partial charge in [-0.2, -0.15) is 0 Å². The summed E-state index contributed by atoms with van der Waals surface area (Å²) in [6.07, 6.45) is 14.1. The van der Waals surface area contributed by atoms with Gasteiger partial charge in [-0.1, -0.05) is 25.5 Å². The van der Waals surface area contributed by atoms with Crippen LogP contribution in [0.1, 0.15) is 58.3 Å². The summed E-state index contributed by atoms with van der Waals surface area (Å²) < 4.78 is 0. The summed E-state index contributed by atoms with van der Waals surface area (Å²) >= 11 is 6.25. The van der Waals surface area contributed by atoms with Gasteiger partial charge in [0, 0.05) is 11.8 Å². The van der Waals surface area contributed by atoms with E-state index in [-0.39, 0.29) is 11.2 Å². The van der Waals surface area contributed by atoms with Crippen molar-refractivity contribution in [2.24, 2.45) is 17.3 Å². The van der Waals surface area contributed by atoms with Gasteiger partial charge < -0.3 is 5.11 Å². The quantitative estimate of drug-likeness (QED) is 0.751. The lowest BCUT2D eigenvalue weighted by molar-refractivity contribution is -0.114. The van der Waals surface area contributed by atoms with Crippen LogP contribution in [0.3, 0.4) is 0 Å². The van der Waals surface area contributed by atoms with Crippen LogP contribution in [0, 0.1) is 17.3 Å². The van der Waals surface area contributed by atoms with E-state index in [0.717, 1.165) is 44.9 Å². The highest BCUT2D eigenvalue weighted by Gasteiger charge is 2.60. The number of rotatable bonds is 3. The topological polar surface area (TPSA) is 37.3 Å². The van der Waals surface area contributed by atoms with Crippen molar-refractivity contribution in [3.8, 4) is 0 Å². The van der Waals surface area contributed by atoms with E-state index in [1.54, 1.807) is 0 Å². The predicted molar refractivity (Wildman–Crippen MR) is 96.9 cm³/mol. The highest BCUT2D eigenvalue weighted by molar-refractivity contribution is 6.18. The van der Waals surface area contributed by atoms with E-state index in [0.29, 0.717) is 24.1 Å². The fraction of sp³-hybridized carbons (Fsp3) is 0.667. The molecule has 0 saturated heterocycles. The van der Waals surface area contributed by atoms with Gasteiger partial charge in [-0.05, 0) is 73.2 Å². The van der Waals surface area contributed by atoms with Crippen molar-refractivity contribution < 1.29 is 9.90 Å². The van der Waals surface area contributed by atoms with E-state index in [1.165, 1.54) is 16.7 Å². The fourth-order valence-electron chi connectivity index (χ4n) is 6.06. The van der Waals surface area contributed by atoms with Gasteiger partial charge in [0.1, 0.15) is 0 Å². The number of allylic oxidation sites excluding steroid dienone is 5. The molecule has 0 radical (unpaired) electrons. The first kappa shape index (κ1) is 16.6. The third kappa shape index (κ3) is 2.15. The summed E-state index contributed by atoms with van der Waals surface area (Å²) in [6.45, 7) is 2.20. The van der Waals surface area contributed by atoms with E-state index >= 15 is 0 Å². The molecular weight excluding hydrogens is 320 g/mol. The van der Waals surface area contributed by atoms with Gasteiger partial charge in [-0.25, -0.2) is 0 Å². The van der Waals surface area contributed by atoms with E-state index in [4.69, 9.17) is 11.6 Å². The Morgan fingerprint density at radius 3 is 2.88 bits per heavy atom. The average Bonchev–Trinajstić information content (AvgIpc) is 2.88. The number of carbonyl (C=O) groups is 1. The molecule has 0 unspecified atom stereocenters. The monoisotopic (exact) mass is 346 g/mol. The van der Waals surface area contributed by atoms with E-state index in [2.05, 4.69) is 19.1 Å². The molecule has 4 rings (SSSR count). The molecule has 24 heavy (non-hydrogen) atoms. The molecule has 4 aliphatic rings. The van der Waals surface area contributed by atoms with Gasteiger partial charge >= 0.3 is 0 Å². The van der Waals surface area contributed by atoms with Crippen LogP contribution in [0.15, 0.2) is 34.9 Å². The predicted octanol–water partition coefficient (Wildman–Crippen LogP) is 4.72. The smallest absolute Gasteiger partial charge is 0.156 e. The lowest BCUT2D eigenvalue weighted by Gasteiger charge is -2.50. The lowest BCUT2D eigenvalue weighted by atomic mass is 9.56. The number of hydrogen-bond donors (Lipinski definition) is 1. The van der Waals surface area contributed by atoms with E-state index in [1.807, 2.05) is 6.08 Å². The number of alkyl halides is 1. The van der Waals surface area contributed by atoms with Gasteiger partial charge in [-0.3, -0.25) is 4.79 Å². The minimum absolute atomic E-state index is 0.163. The van der Waals surface area contributed by atoms with Crippen molar-refractivity contribution in [2.45, 2.75) is 63.9 Å². The molecule has 0 bridgehead atoms. The number of carbonyl (C=O) groups excluding carboxylic acids is 1. The Morgan fingerprint density at radius 1 is 1.29 bits per heavy atom.